The molecule has 0 spiro atoms. The lowest BCUT2D eigenvalue weighted by Crippen LogP contribution is -2.65. The van der Waals surface area contributed by atoms with Crippen LogP contribution in [-0.4, -0.2) is 140 Å². The summed E-state index contributed by atoms with van der Waals surface area (Å²) in [5.41, 5.74) is 0. The second kappa shape index (κ2) is 62.2. The Kier molecular flexibility index (Phi) is 57.3. The molecule has 2 fully saturated rings. The van der Waals surface area contributed by atoms with Gasteiger partial charge in [0.25, 0.3) is 0 Å². The van der Waals surface area contributed by atoms with Crippen molar-refractivity contribution in [3.8, 4) is 0 Å². The summed E-state index contributed by atoms with van der Waals surface area (Å²) >= 11 is 0. The Bertz CT molecular complexity index is 1980. The molecule has 12 unspecified atom stereocenters. The number of aliphatic hydroxyl groups is 8. The number of amides is 1. The Labute approximate surface area is 566 Å². The molecular weight excluding hydrogens is 1170 g/mol. The Hall–Kier alpha value is -3.35. The molecule has 12 atom stereocenters. The largest absolute Gasteiger partial charge is 0.394 e. The number of ether oxygens (including phenoxy) is 4. The minimum Gasteiger partial charge on any atom is -0.394 e. The molecule has 0 bridgehead atoms. The minimum atomic E-state index is -1.80. The highest BCUT2D eigenvalue weighted by Gasteiger charge is 2.51. The first kappa shape index (κ1) is 85.7. The first-order valence-electron chi connectivity index (χ1n) is 37.6. The summed E-state index contributed by atoms with van der Waals surface area (Å²) in [5.74, 6) is -0.252. The van der Waals surface area contributed by atoms with Gasteiger partial charge in [-0.1, -0.05) is 297 Å². The summed E-state index contributed by atoms with van der Waals surface area (Å²) in [7, 11) is 0. The highest BCUT2D eigenvalue weighted by molar-refractivity contribution is 5.76. The van der Waals surface area contributed by atoms with Crippen molar-refractivity contribution in [2.24, 2.45) is 0 Å². The SMILES string of the molecule is CC/C=C\C/C=C\C/C=C\C/C=C\C/C=C\C/C=C\CCCCCCCCCCCCCCCCCCCCCCC(=O)NC(COC1OC(CO)C(OC2OC(CO)C(O)C(O)C2O)C(O)C1O)C(O)/C=C/CC/C=C/CC/C=C/CCCCCCCCCCCC. The first-order chi connectivity index (χ1) is 45.6. The zero-order valence-electron chi connectivity index (χ0n) is 58.5. The van der Waals surface area contributed by atoms with Crippen molar-refractivity contribution < 1.29 is 64.6 Å². The molecule has 93 heavy (non-hydrogen) atoms. The Balaban J connectivity index is 1.61. The molecule has 2 aliphatic rings. The molecule has 0 radical (unpaired) electrons. The van der Waals surface area contributed by atoms with E-state index in [9.17, 15) is 45.6 Å². The summed E-state index contributed by atoms with van der Waals surface area (Å²) < 4.78 is 22.8. The van der Waals surface area contributed by atoms with Crippen molar-refractivity contribution in [1.82, 2.24) is 5.32 Å². The molecule has 1 amide bonds. The molecule has 0 aromatic heterocycles. The van der Waals surface area contributed by atoms with Crippen LogP contribution < -0.4 is 5.32 Å². The number of nitrogens with one attached hydrogen (secondary N) is 1. The van der Waals surface area contributed by atoms with Crippen LogP contribution in [0, 0.1) is 0 Å². The van der Waals surface area contributed by atoms with Gasteiger partial charge in [-0.3, -0.25) is 4.79 Å². The molecule has 9 N–H and O–H groups in total. The molecule has 536 valence electrons. The van der Waals surface area contributed by atoms with E-state index in [1.54, 1.807) is 6.08 Å². The Morgan fingerprint density at radius 2 is 0.753 bits per heavy atom. The zero-order chi connectivity index (χ0) is 67.3. The van der Waals surface area contributed by atoms with E-state index in [1.807, 2.05) is 6.08 Å². The van der Waals surface area contributed by atoms with Gasteiger partial charge in [0.05, 0.1) is 32.0 Å². The lowest BCUT2D eigenvalue weighted by atomic mass is 9.97. The quantitative estimate of drug-likeness (QED) is 0.0204. The van der Waals surface area contributed by atoms with Crippen LogP contribution in [0.2, 0.25) is 0 Å². The maximum Gasteiger partial charge on any atom is 0.220 e. The van der Waals surface area contributed by atoms with E-state index in [2.05, 4.69) is 116 Å². The average molecular weight is 1310 g/mol. The van der Waals surface area contributed by atoms with Crippen LogP contribution in [0.25, 0.3) is 0 Å². The van der Waals surface area contributed by atoms with Crippen molar-refractivity contribution in [2.75, 3.05) is 19.8 Å². The topological polar surface area (TPSA) is 228 Å². The van der Waals surface area contributed by atoms with Gasteiger partial charge in [0.15, 0.2) is 12.6 Å². The lowest BCUT2D eigenvalue weighted by Gasteiger charge is -2.46. The van der Waals surface area contributed by atoms with Gasteiger partial charge in [0.1, 0.15) is 48.8 Å². The van der Waals surface area contributed by atoms with E-state index in [-0.39, 0.29) is 18.9 Å². The molecule has 2 heterocycles. The fourth-order valence-corrected chi connectivity index (χ4v) is 11.7. The molecule has 14 heteroatoms. The summed E-state index contributed by atoms with van der Waals surface area (Å²) in [6.45, 7) is 2.68. The van der Waals surface area contributed by atoms with Crippen molar-refractivity contribution >= 4 is 5.91 Å². The van der Waals surface area contributed by atoms with Gasteiger partial charge in [0, 0.05) is 6.42 Å². The second-order valence-corrected chi connectivity index (χ2v) is 26.0. The normalized spacial score (nSPS) is 23.2. The van der Waals surface area contributed by atoms with Gasteiger partial charge >= 0.3 is 0 Å². The average Bonchev–Trinajstić information content (AvgIpc) is 0.854. The number of aliphatic hydroxyl groups excluding tert-OH is 8. The number of hydrogen-bond donors (Lipinski definition) is 9. The number of carbonyl (C=O) groups is 1. The minimum absolute atomic E-state index is 0.252. The van der Waals surface area contributed by atoms with E-state index >= 15 is 0 Å². The maximum atomic E-state index is 13.3. The maximum absolute atomic E-state index is 13.3. The predicted molar refractivity (Wildman–Crippen MR) is 382 cm³/mol. The van der Waals surface area contributed by atoms with Crippen molar-refractivity contribution in [2.45, 2.75) is 364 Å². The zero-order valence-corrected chi connectivity index (χ0v) is 58.5. The molecule has 0 aromatic carbocycles. The molecule has 2 saturated heterocycles. The third-order valence-corrected chi connectivity index (χ3v) is 17.7. The molecule has 0 aliphatic carbocycles. The van der Waals surface area contributed by atoms with Gasteiger partial charge in [-0.2, -0.15) is 0 Å². The van der Waals surface area contributed by atoms with Gasteiger partial charge < -0.3 is 65.1 Å². The summed E-state index contributed by atoms with van der Waals surface area (Å²) in [6.07, 6.45) is 73.0. The van der Waals surface area contributed by atoms with Crippen LogP contribution in [0.3, 0.4) is 0 Å². The number of hydrogen-bond acceptors (Lipinski definition) is 13. The van der Waals surface area contributed by atoms with Crippen LogP contribution in [0.15, 0.2) is 109 Å². The van der Waals surface area contributed by atoms with Gasteiger partial charge in [0.2, 0.25) is 5.91 Å². The third kappa shape index (κ3) is 45.7. The highest BCUT2D eigenvalue weighted by Crippen LogP contribution is 2.30. The van der Waals surface area contributed by atoms with E-state index in [0.29, 0.717) is 12.8 Å². The summed E-state index contributed by atoms with van der Waals surface area (Å²) in [5, 5.41) is 87.5. The number of unbranched alkanes of at least 4 members (excludes halogenated alkanes) is 32. The van der Waals surface area contributed by atoms with E-state index in [0.717, 1.165) is 83.5 Å². The van der Waals surface area contributed by atoms with Gasteiger partial charge in [-0.25, -0.2) is 0 Å². The Morgan fingerprint density at radius 1 is 0.398 bits per heavy atom. The third-order valence-electron chi connectivity index (χ3n) is 17.7. The first-order valence-corrected chi connectivity index (χ1v) is 37.6. The molecular formula is C79H137NO13. The molecule has 0 saturated carbocycles. The van der Waals surface area contributed by atoms with Crippen molar-refractivity contribution in [3.63, 3.8) is 0 Å². The van der Waals surface area contributed by atoms with Crippen LogP contribution in [0.5, 0.6) is 0 Å². The van der Waals surface area contributed by atoms with Crippen molar-refractivity contribution in [1.29, 1.82) is 0 Å². The van der Waals surface area contributed by atoms with E-state index in [1.165, 1.54) is 173 Å². The summed E-state index contributed by atoms with van der Waals surface area (Å²) in [4.78, 5) is 13.3. The van der Waals surface area contributed by atoms with Gasteiger partial charge in [-0.05, 0) is 96.3 Å². The highest BCUT2D eigenvalue weighted by atomic mass is 16.7. The van der Waals surface area contributed by atoms with E-state index in [4.69, 9.17) is 18.9 Å². The number of rotatable bonds is 61. The Morgan fingerprint density at radius 3 is 1.18 bits per heavy atom. The van der Waals surface area contributed by atoms with Crippen LogP contribution in [0.1, 0.15) is 290 Å². The van der Waals surface area contributed by atoms with Crippen LogP contribution >= 0.6 is 0 Å². The van der Waals surface area contributed by atoms with Crippen molar-refractivity contribution in [3.05, 3.63) is 109 Å². The fraction of sp³-hybridized carbons (Fsp3) is 0.759. The second-order valence-electron chi connectivity index (χ2n) is 26.0. The number of allylic oxidation sites excluding steroid dienone is 17. The molecule has 0 aromatic rings. The monoisotopic (exact) mass is 1310 g/mol. The van der Waals surface area contributed by atoms with Crippen LogP contribution in [-0.2, 0) is 23.7 Å². The molecule has 2 rings (SSSR count). The smallest absolute Gasteiger partial charge is 0.220 e. The predicted octanol–water partition coefficient (Wildman–Crippen LogP) is 16.3. The standard InChI is InChI=1S/C79H137NO13/c1-3-5-7-9-11-13-15-17-19-21-23-25-26-27-28-29-30-31-32-33-34-35-36-37-38-39-40-41-42-43-45-47-49-51-53-55-57-59-61-63-71(84)80-67(68(83)62-60-58-56-54-52-50-48-46-44-24-22-20-18-16-14-12-10-8-6-4-2)66-90-78-76(89)74(87)77(70(65-82)92-78)93-79-75(88)73(86)72(85)69(64-81)91-79/h5,7,11,13,17,19,23,25,27-28,30-31,44,46,52,54,60,62,67-70,72-79,81-83,85-89H,3-4,6,8-10,12,14-16,18,20-22,24,26,29,32-43,45,47-51,53,55-59,61,63-66H2,1-2H3,(H,80,84)/b7-5-,13-11-,19-17-,25-23-,28-27-,31-30-,46-44+,54-52+,62-60+. The number of carbonyl (C=O) groups excluding carboxylic acids is 1. The summed E-state index contributed by atoms with van der Waals surface area (Å²) in [6, 6.07) is -0.943. The molecule has 2 aliphatic heterocycles. The lowest BCUT2D eigenvalue weighted by molar-refractivity contribution is -0.359. The van der Waals surface area contributed by atoms with Gasteiger partial charge in [-0.15, -0.1) is 0 Å². The van der Waals surface area contributed by atoms with E-state index < -0.39 is 86.8 Å². The van der Waals surface area contributed by atoms with Crippen LogP contribution in [0.4, 0.5) is 0 Å². The fourth-order valence-electron chi connectivity index (χ4n) is 11.7. The molecule has 14 nitrogen and oxygen atoms in total.